The lowest BCUT2D eigenvalue weighted by atomic mass is 10.0. The lowest BCUT2D eigenvalue weighted by molar-refractivity contribution is -0.383. The Labute approximate surface area is 277 Å². The number of carboxylic acids is 2. The molecule has 2 atom stereocenters. The number of aliphatic carboxylic acids is 2. The summed E-state index contributed by atoms with van der Waals surface area (Å²) in [5.74, 6) is -2.09. The standard InChI is InChI=1S/C13H15N3O4.C13H16N2O2.C10H11N/c1-7-3-4-10-11(12(7)16(19)20)8(6-15(10)2)5-9(14)13(17)18;1-8-3-4-12-10(5-8)9(7-15(12)2)6-11(14)13(16)17;1-8-3-4-10-9(7-8)5-6-11(10)2/h3-4,6,9H,5,14H2,1-2H3,(H,17,18);3-5,7,11H,6,14H2,1-2H3,(H,16,17);3-7H,1-2H3. The highest BCUT2D eigenvalue weighted by molar-refractivity contribution is 5.94. The van der Waals surface area contributed by atoms with E-state index >= 15 is 0 Å². The van der Waals surface area contributed by atoms with Gasteiger partial charge < -0.3 is 35.4 Å². The number of nitrogens with zero attached hydrogens (tertiary/aromatic N) is 4. The Morgan fingerprint density at radius 3 is 1.88 bits per heavy atom. The molecule has 12 nitrogen and oxygen atoms in total. The zero-order chi connectivity index (χ0) is 35.4. The molecule has 0 fully saturated rings. The number of hydrogen-bond donors (Lipinski definition) is 4. The Morgan fingerprint density at radius 2 is 1.27 bits per heavy atom. The van der Waals surface area contributed by atoms with Crippen LogP contribution in [0.5, 0.6) is 0 Å². The summed E-state index contributed by atoms with van der Waals surface area (Å²) < 4.78 is 5.87. The van der Waals surface area contributed by atoms with Crippen molar-refractivity contribution in [3.63, 3.8) is 0 Å². The van der Waals surface area contributed by atoms with Gasteiger partial charge in [0.2, 0.25) is 0 Å². The lowest BCUT2D eigenvalue weighted by Crippen LogP contribution is -2.32. The van der Waals surface area contributed by atoms with Crippen molar-refractivity contribution in [2.24, 2.45) is 32.6 Å². The monoisotopic (exact) mass is 654 g/mol. The second-order valence-electron chi connectivity index (χ2n) is 12.2. The molecule has 252 valence electrons. The van der Waals surface area contributed by atoms with Crippen LogP contribution in [0.2, 0.25) is 0 Å². The van der Waals surface area contributed by atoms with Crippen LogP contribution in [-0.4, -0.2) is 52.9 Å². The second-order valence-corrected chi connectivity index (χ2v) is 12.2. The predicted octanol–water partition coefficient (Wildman–Crippen LogP) is 5.28. The van der Waals surface area contributed by atoms with Crippen LogP contribution >= 0.6 is 0 Å². The van der Waals surface area contributed by atoms with Crippen LogP contribution in [0.3, 0.4) is 0 Å². The third-order valence-electron chi connectivity index (χ3n) is 8.37. The average Bonchev–Trinajstić information content (AvgIpc) is 3.64. The van der Waals surface area contributed by atoms with E-state index in [0.29, 0.717) is 28.5 Å². The van der Waals surface area contributed by atoms with Crippen LogP contribution < -0.4 is 11.5 Å². The molecular formula is C36H42N6O6. The lowest BCUT2D eigenvalue weighted by Gasteiger charge is -2.06. The molecule has 0 spiro atoms. The van der Waals surface area contributed by atoms with Gasteiger partial charge in [0.15, 0.2) is 0 Å². The second kappa shape index (κ2) is 14.5. The smallest absolute Gasteiger partial charge is 0.320 e. The first kappa shape index (κ1) is 35.4. The predicted molar refractivity (Wildman–Crippen MR) is 188 cm³/mol. The minimum Gasteiger partial charge on any atom is -0.480 e. The molecule has 6 N–H and O–H groups in total. The minimum absolute atomic E-state index is 0.00990. The largest absolute Gasteiger partial charge is 0.480 e. The summed E-state index contributed by atoms with van der Waals surface area (Å²) in [4.78, 5) is 32.5. The van der Waals surface area contributed by atoms with Gasteiger partial charge in [-0.15, -0.1) is 0 Å². The molecule has 2 unspecified atom stereocenters. The maximum absolute atomic E-state index is 11.3. The number of aryl methyl sites for hydroxylation is 6. The zero-order valence-electron chi connectivity index (χ0n) is 28.0. The van der Waals surface area contributed by atoms with Crippen LogP contribution in [0.25, 0.3) is 32.7 Å². The van der Waals surface area contributed by atoms with Gasteiger partial charge in [-0.3, -0.25) is 19.7 Å². The molecule has 12 heteroatoms. The van der Waals surface area contributed by atoms with E-state index in [4.69, 9.17) is 21.7 Å². The summed E-state index contributed by atoms with van der Waals surface area (Å²) in [7, 11) is 5.78. The number of carboxylic acid groups (broad SMARTS) is 2. The maximum atomic E-state index is 11.3. The van der Waals surface area contributed by atoms with Gasteiger partial charge in [-0.25, -0.2) is 0 Å². The van der Waals surface area contributed by atoms with Crippen LogP contribution in [0.1, 0.15) is 27.8 Å². The van der Waals surface area contributed by atoms with E-state index in [1.165, 1.54) is 16.5 Å². The molecule has 0 saturated heterocycles. The fourth-order valence-corrected chi connectivity index (χ4v) is 5.85. The molecule has 3 heterocycles. The third kappa shape index (κ3) is 7.73. The van der Waals surface area contributed by atoms with E-state index in [0.717, 1.165) is 22.0 Å². The van der Waals surface area contributed by atoms with Crippen LogP contribution in [0.4, 0.5) is 5.69 Å². The van der Waals surface area contributed by atoms with Gasteiger partial charge in [0.1, 0.15) is 12.1 Å². The molecule has 0 amide bonds. The molecule has 48 heavy (non-hydrogen) atoms. The number of carbonyl (C=O) groups is 2. The fourth-order valence-electron chi connectivity index (χ4n) is 5.85. The van der Waals surface area contributed by atoms with E-state index in [1.54, 1.807) is 36.9 Å². The molecule has 0 bridgehead atoms. The number of rotatable bonds is 7. The SMILES string of the molecule is Cc1ccc2c(c(CC(N)C(=O)O)cn2C)c1[N+](=O)[O-].Cc1ccc2c(c1)c(CC(N)C(=O)O)cn2C.Cc1ccc2c(ccn2C)c1. The van der Waals surface area contributed by atoms with Crippen molar-refractivity contribution in [2.45, 2.75) is 45.7 Å². The number of hydrogen-bond acceptors (Lipinski definition) is 6. The summed E-state index contributed by atoms with van der Waals surface area (Å²) >= 11 is 0. The molecule has 0 aliphatic heterocycles. The third-order valence-corrected chi connectivity index (χ3v) is 8.37. The summed E-state index contributed by atoms with van der Waals surface area (Å²) in [6, 6.07) is 16.3. The fraction of sp³-hybridized carbons (Fsp3) is 0.278. The molecule has 6 rings (SSSR count). The summed E-state index contributed by atoms with van der Waals surface area (Å²) in [6.07, 6.45) is 6.14. The summed E-state index contributed by atoms with van der Waals surface area (Å²) in [5.41, 5.74) is 18.8. The topological polar surface area (TPSA) is 185 Å². The van der Waals surface area contributed by atoms with E-state index in [-0.39, 0.29) is 12.1 Å². The number of nitro groups is 1. The Hall–Kier alpha value is -5.46. The quantitative estimate of drug-likeness (QED) is 0.132. The van der Waals surface area contributed by atoms with E-state index in [2.05, 4.69) is 55.1 Å². The van der Waals surface area contributed by atoms with Gasteiger partial charge in [-0.05, 0) is 73.7 Å². The van der Waals surface area contributed by atoms with Crippen LogP contribution in [0, 0.1) is 30.9 Å². The highest BCUT2D eigenvalue weighted by Gasteiger charge is 2.24. The van der Waals surface area contributed by atoms with E-state index < -0.39 is 28.9 Å². The molecule has 0 aliphatic rings. The number of fused-ring (bicyclic) bond motifs is 3. The zero-order valence-corrected chi connectivity index (χ0v) is 28.0. The van der Waals surface area contributed by atoms with Crippen molar-refractivity contribution in [3.05, 3.63) is 111 Å². The van der Waals surface area contributed by atoms with Gasteiger partial charge >= 0.3 is 11.9 Å². The van der Waals surface area contributed by atoms with Crippen molar-refractivity contribution < 1.29 is 24.7 Å². The molecule has 0 saturated carbocycles. The Bertz CT molecular complexity index is 2140. The Morgan fingerprint density at radius 1 is 0.750 bits per heavy atom. The van der Waals surface area contributed by atoms with Crippen LogP contribution in [-0.2, 0) is 43.6 Å². The molecule has 6 aromatic rings. The van der Waals surface area contributed by atoms with E-state index in [9.17, 15) is 19.7 Å². The number of benzene rings is 3. The van der Waals surface area contributed by atoms with Crippen molar-refractivity contribution in [3.8, 4) is 0 Å². The molecule has 0 radical (unpaired) electrons. The van der Waals surface area contributed by atoms with Gasteiger partial charge in [0, 0.05) is 74.6 Å². The van der Waals surface area contributed by atoms with Crippen molar-refractivity contribution in [1.82, 2.24) is 13.7 Å². The van der Waals surface area contributed by atoms with Crippen molar-refractivity contribution in [2.75, 3.05) is 0 Å². The number of aromatic nitrogens is 3. The first-order valence-corrected chi connectivity index (χ1v) is 15.3. The normalized spacial score (nSPS) is 12.2. The van der Waals surface area contributed by atoms with Gasteiger partial charge in [0.05, 0.1) is 15.8 Å². The molecule has 3 aromatic carbocycles. The Kier molecular flexibility index (Phi) is 10.7. The number of nitrogens with two attached hydrogens (primary N) is 2. The van der Waals surface area contributed by atoms with Gasteiger partial charge in [0.25, 0.3) is 5.69 Å². The average molecular weight is 655 g/mol. The highest BCUT2D eigenvalue weighted by atomic mass is 16.6. The summed E-state index contributed by atoms with van der Waals surface area (Å²) in [5, 5.41) is 31.9. The van der Waals surface area contributed by atoms with Crippen LogP contribution in [0.15, 0.2) is 73.2 Å². The maximum Gasteiger partial charge on any atom is 0.320 e. The van der Waals surface area contributed by atoms with Gasteiger partial charge in [-0.2, -0.15) is 0 Å². The highest BCUT2D eigenvalue weighted by Crippen LogP contribution is 2.33. The first-order valence-electron chi connectivity index (χ1n) is 15.3. The first-order chi connectivity index (χ1) is 22.6. The molecule has 0 aliphatic carbocycles. The van der Waals surface area contributed by atoms with Crippen molar-refractivity contribution >= 4 is 50.3 Å². The summed E-state index contributed by atoms with van der Waals surface area (Å²) in [6.45, 7) is 5.80. The minimum atomic E-state index is -1.13. The molecular weight excluding hydrogens is 612 g/mol. The number of nitro benzene ring substituents is 1. The van der Waals surface area contributed by atoms with E-state index in [1.807, 2.05) is 36.9 Å². The van der Waals surface area contributed by atoms with Crippen molar-refractivity contribution in [1.29, 1.82) is 0 Å². The molecule has 3 aromatic heterocycles. The van der Waals surface area contributed by atoms with Gasteiger partial charge in [-0.1, -0.05) is 29.3 Å². The Balaban J connectivity index is 0.000000169.